The quantitative estimate of drug-likeness (QED) is 0.731. The smallest absolute Gasteiger partial charge is 0.221 e. The normalized spacial score (nSPS) is 11.9. The third-order valence-electron chi connectivity index (χ3n) is 3.52. The van der Waals surface area contributed by atoms with Crippen molar-refractivity contribution in [3.8, 4) is 0 Å². The number of benzene rings is 1. The highest BCUT2D eigenvalue weighted by Gasteiger charge is 2.13. The van der Waals surface area contributed by atoms with E-state index in [9.17, 15) is 9.90 Å². The fourth-order valence-electron chi connectivity index (χ4n) is 2.17. The highest BCUT2D eigenvalue weighted by atomic mass is 32.2. The van der Waals surface area contributed by atoms with Crippen molar-refractivity contribution in [1.82, 2.24) is 10.3 Å². The van der Waals surface area contributed by atoms with Gasteiger partial charge in [-0.15, -0.1) is 11.8 Å². The highest BCUT2D eigenvalue weighted by Crippen LogP contribution is 2.17. The van der Waals surface area contributed by atoms with Gasteiger partial charge in [-0.1, -0.05) is 37.3 Å². The van der Waals surface area contributed by atoms with E-state index < -0.39 is 0 Å². The lowest BCUT2D eigenvalue weighted by atomic mass is 10.0. The summed E-state index contributed by atoms with van der Waals surface area (Å²) in [5.74, 6) is 0.600. The molecule has 23 heavy (non-hydrogen) atoms. The molecular weight excluding hydrogens is 308 g/mol. The van der Waals surface area contributed by atoms with Gasteiger partial charge in [0.2, 0.25) is 5.91 Å². The molecule has 0 saturated carbocycles. The summed E-state index contributed by atoms with van der Waals surface area (Å²) in [6.07, 6.45) is 3.11. The maximum absolute atomic E-state index is 12.0. The lowest BCUT2D eigenvalue weighted by molar-refractivity contribution is -0.121. The Labute approximate surface area is 141 Å². The average Bonchev–Trinajstić information content (AvgIpc) is 2.61. The number of aromatic nitrogens is 1. The molecule has 1 amide bonds. The zero-order valence-corrected chi connectivity index (χ0v) is 14.1. The molecule has 0 spiro atoms. The lowest BCUT2D eigenvalue weighted by Gasteiger charge is -2.17. The minimum Gasteiger partial charge on any atom is -0.394 e. The van der Waals surface area contributed by atoms with Gasteiger partial charge in [0.1, 0.15) is 0 Å². The number of nitrogens with zero attached hydrogens (tertiary/aromatic N) is 1. The Morgan fingerprint density at radius 2 is 2.04 bits per heavy atom. The SMILES string of the molecule is CCc1ccc(C(CO)NC(=O)CCSc2ccccn2)cc1. The summed E-state index contributed by atoms with van der Waals surface area (Å²) >= 11 is 1.55. The Morgan fingerprint density at radius 3 is 2.65 bits per heavy atom. The van der Waals surface area contributed by atoms with E-state index in [1.165, 1.54) is 5.56 Å². The van der Waals surface area contributed by atoms with Crippen LogP contribution in [0.5, 0.6) is 0 Å². The molecule has 0 aliphatic rings. The maximum Gasteiger partial charge on any atom is 0.221 e. The van der Waals surface area contributed by atoms with Crippen molar-refractivity contribution < 1.29 is 9.90 Å². The molecule has 1 aromatic carbocycles. The van der Waals surface area contributed by atoms with Crippen LogP contribution in [-0.2, 0) is 11.2 Å². The zero-order valence-electron chi connectivity index (χ0n) is 13.2. The molecule has 122 valence electrons. The predicted molar refractivity (Wildman–Crippen MR) is 93.4 cm³/mol. The van der Waals surface area contributed by atoms with Gasteiger partial charge in [0.15, 0.2) is 0 Å². The molecule has 2 N–H and O–H groups in total. The molecule has 1 aromatic heterocycles. The van der Waals surface area contributed by atoms with E-state index >= 15 is 0 Å². The summed E-state index contributed by atoms with van der Waals surface area (Å²) in [4.78, 5) is 16.3. The van der Waals surface area contributed by atoms with Crippen LogP contribution >= 0.6 is 11.8 Å². The molecule has 0 saturated heterocycles. The summed E-state index contributed by atoms with van der Waals surface area (Å²) < 4.78 is 0. The van der Waals surface area contributed by atoms with Crippen LogP contribution in [0.15, 0.2) is 53.7 Å². The molecule has 5 heteroatoms. The van der Waals surface area contributed by atoms with E-state index in [1.807, 2.05) is 42.5 Å². The van der Waals surface area contributed by atoms with Crippen LogP contribution in [0.4, 0.5) is 0 Å². The van der Waals surface area contributed by atoms with Crippen LogP contribution in [0.1, 0.15) is 30.5 Å². The van der Waals surface area contributed by atoms with E-state index in [-0.39, 0.29) is 18.6 Å². The van der Waals surface area contributed by atoms with Crippen molar-refractivity contribution in [3.05, 3.63) is 59.8 Å². The number of nitrogens with one attached hydrogen (secondary N) is 1. The Kier molecular flexibility index (Phi) is 7.10. The number of aryl methyl sites for hydroxylation is 1. The first-order valence-electron chi connectivity index (χ1n) is 7.75. The summed E-state index contributed by atoms with van der Waals surface area (Å²) in [6.45, 7) is 1.99. The van der Waals surface area contributed by atoms with Crippen molar-refractivity contribution in [2.24, 2.45) is 0 Å². The minimum atomic E-state index is -0.353. The maximum atomic E-state index is 12.0. The monoisotopic (exact) mass is 330 g/mol. The molecular formula is C18H22N2O2S. The van der Waals surface area contributed by atoms with Crippen LogP contribution in [0, 0.1) is 0 Å². The van der Waals surface area contributed by atoms with Crippen LogP contribution in [-0.4, -0.2) is 28.4 Å². The van der Waals surface area contributed by atoms with Gasteiger partial charge in [-0.25, -0.2) is 4.98 Å². The van der Waals surface area contributed by atoms with E-state index in [2.05, 4.69) is 17.2 Å². The number of hydrogen-bond acceptors (Lipinski definition) is 4. The average molecular weight is 330 g/mol. The van der Waals surface area contributed by atoms with E-state index in [1.54, 1.807) is 18.0 Å². The fourth-order valence-corrected chi connectivity index (χ4v) is 2.97. The number of carbonyl (C=O) groups excluding carboxylic acids is 1. The third-order valence-corrected chi connectivity index (χ3v) is 4.47. The predicted octanol–water partition coefficient (Wildman–Crippen LogP) is 2.98. The number of amides is 1. The summed E-state index contributed by atoms with van der Waals surface area (Å²) in [5, 5.41) is 13.3. The Balaban J connectivity index is 1.82. The molecule has 0 aliphatic carbocycles. The van der Waals surface area contributed by atoms with Gasteiger partial charge in [-0.05, 0) is 29.7 Å². The molecule has 1 unspecified atom stereocenters. The molecule has 0 bridgehead atoms. The second-order valence-corrected chi connectivity index (χ2v) is 6.28. The lowest BCUT2D eigenvalue weighted by Crippen LogP contribution is -2.30. The first-order chi connectivity index (χ1) is 11.2. The number of hydrogen-bond donors (Lipinski definition) is 2. The fraction of sp³-hybridized carbons (Fsp3) is 0.333. The standard InChI is InChI=1S/C18H22N2O2S/c1-2-14-6-8-15(9-7-14)16(13-21)20-17(22)10-12-23-18-5-3-4-11-19-18/h3-9,11,16,21H,2,10,12-13H2,1H3,(H,20,22). The van der Waals surface area contributed by atoms with Gasteiger partial charge in [-0.2, -0.15) is 0 Å². The molecule has 2 aromatic rings. The number of aliphatic hydroxyl groups is 1. The summed E-state index contributed by atoms with van der Waals surface area (Å²) in [5.41, 5.74) is 2.17. The highest BCUT2D eigenvalue weighted by molar-refractivity contribution is 7.99. The molecule has 0 radical (unpaired) electrons. The van der Waals surface area contributed by atoms with Gasteiger partial charge in [-0.3, -0.25) is 4.79 Å². The zero-order chi connectivity index (χ0) is 16.5. The Morgan fingerprint density at radius 1 is 1.26 bits per heavy atom. The van der Waals surface area contributed by atoms with Crippen LogP contribution in [0.25, 0.3) is 0 Å². The Bertz CT molecular complexity index is 602. The van der Waals surface area contributed by atoms with Gasteiger partial charge >= 0.3 is 0 Å². The number of carbonyl (C=O) groups is 1. The van der Waals surface area contributed by atoms with E-state index in [4.69, 9.17) is 0 Å². The van der Waals surface area contributed by atoms with Gasteiger partial charge in [0.05, 0.1) is 17.7 Å². The third kappa shape index (κ3) is 5.69. The second-order valence-electron chi connectivity index (χ2n) is 5.16. The number of pyridine rings is 1. The number of rotatable bonds is 8. The summed E-state index contributed by atoms with van der Waals surface area (Å²) in [7, 11) is 0. The van der Waals surface area contributed by atoms with Crippen molar-refractivity contribution >= 4 is 17.7 Å². The topological polar surface area (TPSA) is 62.2 Å². The van der Waals surface area contributed by atoms with Crippen molar-refractivity contribution in [3.63, 3.8) is 0 Å². The minimum absolute atomic E-state index is 0.0629. The molecule has 4 nitrogen and oxygen atoms in total. The molecule has 0 aliphatic heterocycles. The molecule has 0 fully saturated rings. The van der Waals surface area contributed by atoms with Crippen molar-refractivity contribution in [2.45, 2.75) is 30.8 Å². The molecule has 1 heterocycles. The Hall–Kier alpha value is -1.85. The van der Waals surface area contributed by atoms with Crippen molar-refractivity contribution in [2.75, 3.05) is 12.4 Å². The molecule has 1 atom stereocenters. The van der Waals surface area contributed by atoms with Gasteiger partial charge < -0.3 is 10.4 Å². The first kappa shape index (κ1) is 17.5. The molecule has 2 rings (SSSR count). The van der Waals surface area contributed by atoms with Crippen LogP contribution in [0.2, 0.25) is 0 Å². The van der Waals surface area contributed by atoms with Crippen LogP contribution in [0.3, 0.4) is 0 Å². The summed E-state index contributed by atoms with van der Waals surface area (Å²) in [6, 6.07) is 13.3. The number of aliphatic hydroxyl groups excluding tert-OH is 1. The van der Waals surface area contributed by atoms with E-state index in [0.29, 0.717) is 12.2 Å². The van der Waals surface area contributed by atoms with E-state index in [0.717, 1.165) is 17.0 Å². The van der Waals surface area contributed by atoms with Gasteiger partial charge in [0, 0.05) is 18.4 Å². The van der Waals surface area contributed by atoms with Crippen molar-refractivity contribution in [1.29, 1.82) is 0 Å². The number of thioether (sulfide) groups is 1. The largest absolute Gasteiger partial charge is 0.394 e. The van der Waals surface area contributed by atoms with Crippen LogP contribution < -0.4 is 5.32 Å². The first-order valence-corrected chi connectivity index (χ1v) is 8.74. The van der Waals surface area contributed by atoms with Gasteiger partial charge in [0.25, 0.3) is 0 Å². The second kappa shape index (κ2) is 9.33.